The summed E-state index contributed by atoms with van der Waals surface area (Å²) in [5.74, 6) is 0.808. The molecular weight excluding hydrogens is 148 g/mol. The summed E-state index contributed by atoms with van der Waals surface area (Å²) >= 11 is 5.51. The van der Waals surface area contributed by atoms with Crippen LogP contribution in [-0.4, -0.2) is 11.7 Å². The smallest absolute Gasteiger partial charge is 0.159 e. The molecule has 0 radical (unpaired) electrons. The van der Waals surface area contributed by atoms with Crippen LogP contribution in [0.5, 0.6) is 0 Å². The monoisotopic (exact) mass is 156 g/mol. The van der Waals surface area contributed by atoms with Gasteiger partial charge >= 0.3 is 0 Å². The lowest BCUT2D eigenvalue weighted by atomic mass is 10.0. The molecule has 1 aliphatic rings. The number of rotatable bonds is 2. The average Bonchev–Trinajstić information content (AvgIpc) is 1.95. The van der Waals surface area contributed by atoms with Crippen LogP contribution in [0.4, 0.5) is 0 Å². The van der Waals surface area contributed by atoms with E-state index in [1.165, 1.54) is 5.57 Å². The minimum atomic E-state index is 0.179. The normalized spacial score (nSPS) is 17.3. The van der Waals surface area contributed by atoms with Crippen molar-refractivity contribution in [1.82, 2.24) is 0 Å². The third-order valence-corrected chi connectivity index (χ3v) is 1.62. The van der Waals surface area contributed by atoms with Crippen LogP contribution in [-0.2, 0) is 4.79 Å². The van der Waals surface area contributed by atoms with E-state index < -0.39 is 0 Å². The van der Waals surface area contributed by atoms with Gasteiger partial charge in [-0.2, -0.15) is 0 Å². The number of ketones is 1. The van der Waals surface area contributed by atoms with E-state index in [2.05, 4.69) is 0 Å². The molecule has 0 unspecified atom stereocenters. The molecule has 54 valence electrons. The molecule has 2 heteroatoms. The Morgan fingerprint density at radius 1 is 1.50 bits per heavy atom. The maximum absolute atomic E-state index is 10.6. The Morgan fingerprint density at radius 3 is 2.80 bits per heavy atom. The average molecular weight is 157 g/mol. The Balaban J connectivity index is 2.50. The fraction of sp³-hybridized carbons (Fsp3) is 0.375. The van der Waals surface area contributed by atoms with E-state index in [4.69, 9.17) is 11.6 Å². The van der Waals surface area contributed by atoms with E-state index in [9.17, 15) is 4.79 Å². The molecule has 0 saturated heterocycles. The Bertz CT molecular complexity index is 191. The number of carbonyl (C=O) groups excluding carboxylic acids is 1. The van der Waals surface area contributed by atoms with E-state index in [0.717, 1.165) is 6.42 Å². The summed E-state index contributed by atoms with van der Waals surface area (Å²) in [5, 5.41) is 0. The molecule has 0 N–H and O–H groups in total. The number of hydrogen-bond acceptors (Lipinski definition) is 1. The molecule has 10 heavy (non-hydrogen) atoms. The first-order valence-electron chi connectivity index (χ1n) is 3.29. The van der Waals surface area contributed by atoms with E-state index >= 15 is 0 Å². The zero-order valence-electron chi connectivity index (χ0n) is 5.64. The first kappa shape index (κ1) is 7.55. The second-order valence-electron chi connectivity index (χ2n) is 2.22. The van der Waals surface area contributed by atoms with Gasteiger partial charge < -0.3 is 0 Å². The molecule has 0 spiro atoms. The van der Waals surface area contributed by atoms with Gasteiger partial charge in [0.2, 0.25) is 0 Å². The highest BCUT2D eigenvalue weighted by Gasteiger charge is 2.01. The lowest BCUT2D eigenvalue weighted by Gasteiger charge is -2.02. The number of halogens is 1. The van der Waals surface area contributed by atoms with Gasteiger partial charge in [-0.3, -0.25) is 4.79 Å². The lowest BCUT2D eigenvalue weighted by molar-refractivity contribution is -0.113. The quantitative estimate of drug-likeness (QED) is 0.560. The first-order chi connectivity index (χ1) is 4.83. The van der Waals surface area contributed by atoms with Gasteiger partial charge in [-0.05, 0) is 12.5 Å². The Morgan fingerprint density at radius 2 is 2.30 bits per heavy atom. The van der Waals surface area contributed by atoms with E-state index in [1.54, 1.807) is 6.08 Å². The Hall–Kier alpha value is -0.560. The molecule has 0 fully saturated rings. The molecule has 0 bridgehead atoms. The topological polar surface area (TPSA) is 17.1 Å². The van der Waals surface area contributed by atoms with Gasteiger partial charge in [0.15, 0.2) is 5.78 Å². The SMILES string of the molecule is O=C1C=CC(CCCl)=CC1. The maximum Gasteiger partial charge on any atom is 0.159 e. The van der Waals surface area contributed by atoms with Crippen molar-refractivity contribution in [3.8, 4) is 0 Å². The van der Waals surface area contributed by atoms with Crippen molar-refractivity contribution in [2.45, 2.75) is 12.8 Å². The molecule has 0 aliphatic heterocycles. The van der Waals surface area contributed by atoms with Crippen LogP contribution in [0.2, 0.25) is 0 Å². The molecule has 0 atom stereocenters. The fourth-order valence-corrected chi connectivity index (χ4v) is 1.08. The van der Waals surface area contributed by atoms with Gasteiger partial charge in [0.05, 0.1) is 0 Å². The summed E-state index contributed by atoms with van der Waals surface area (Å²) in [6, 6.07) is 0. The minimum absolute atomic E-state index is 0.179. The van der Waals surface area contributed by atoms with Crippen LogP contribution < -0.4 is 0 Å². The van der Waals surface area contributed by atoms with Crippen molar-refractivity contribution in [3.63, 3.8) is 0 Å². The van der Waals surface area contributed by atoms with Gasteiger partial charge in [0, 0.05) is 12.3 Å². The molecule has 1 aliphatic carbocycles. The van der Waals surface area contributed by atoms with Crippen LogP contribution in [0.1, 0.15) is 12.8 Å². The number of hydrogen-bond donors (Lipinski definition) is 0. The number of carbonyl (C=O) groups is 1. The molecule has 0 aromatic rings. The van der Waals surface area contributed by atoms with E-state index in [0.29, 0.717) is 12.3 Å². The van der Waals surface area contributed by atoms with Crippen molar-refractivity contribution in [2.75, 3.05) is 5.88 Å². The molecular formula is C8H9ClO. The van der Waals surface area contributed by atoms with Crippen LogP contribution >= 0.6 is 11.6 Å². The zero-order valence-corrected chi connectivity index (χ0v) is 6.40. The van der Waals surface area contributed by atoms with Crippen LogP contribution in [0.25, 0.3) is 0 Å². The largest absolute Gasteiger partial charge is 0.295 e. The zero-order chi connectivity index (χ0) is 7.40. The minimum Gasteiger partial charge on any atom is -0.295 e. The van der Waals surface area contributed by atoms with Crippen molar-refractivity contribution < 1.29 is 4.79 Å². The highest BCUT2D eigenvalue weighted by Crippen LogP contribution is 2.11. The van der Waals surface area contributed by atoms with Crippen molar-refractivity contribution in [1.29, 1.82) is 0 Å². The summed E-state index contributed by atoms with van der Waals surface area (Å²) in [5.41, 5.74) is 1.18. The fourth-order valence-electron chi connectivity index (χ4n) is 0.862. The van der Waals surface area contributed by atoms with Gasteiger partial charge in [-0.1, -0.05) is 17.7 Å². The molecule has 0 aromatic heterocycles. The van der Waals surface area contributed by atoms with E-state index in [-0.39, 0.29) is 5.78 Å². The number of alkyl halides is 1. The molecule has 0 saturated carbocycles. The van der Waals surface area contributed by atoms with Gasteiger partial charge in [0.25, 0.3) is 0 Å². The maximum atomic E-state index is 10.6. The highest BCUT2D eigenvalue weighted by molar-refractivity contribution is 6.18. The standard InChI is InChI=1S/C8H9ClO/c9-6-5-7-1-3-8(10)4-2-7/h1-3H,4-6H2. The van der Waals surface area contributed by atoms with Crippen LogP contribution in [0.15, 0.2) is 23.8 Å². The van der Waals surface area contributed by atoms with Crippen molar-refractivity contribution >= 4 is 17.4 Å². The second-order valence-corrected chi connectivity index (χ2v) is 2.60. The first-order valence-corrected chi connectivity index (χ1v) is 3.82. The van der Waals surface area contributed by atoms with Crippen molar-refractivity contribution in [3.05, 3.63) is 23.8 Å². The van der Waals surface area contributed by atoms with Crippen LogP contribution in [0, 0.1) is 0 Å². The summed E-state index contributed by atoms with van der Waals surface area (Å²) in [7, 11) is 0. The molecule has 1 rings (SSSR count). The summed E-state index contributed by atoms with van der Waals surface area (Å²) in [6.07, 6.45) is 6.80. The predicted molar refractivity (Wildman–Crippen MR) is 42.2 cm³/mol. The van der Waals surface area contributed by atoms with Gasteiger partial charge in [-0.15, -0.1) is 11.6 Å². The summed E-state index contributed by atoms with van der Waals surface area (Å²) in [4.78, 5) is 10.6. The summed E-state index contributed by atoms with van der Waals surface area (Å²) in [6.45, 7) is 0. The summed E-state index contributed by atoms with van der Waals surface area (Å²) < 4.78 is 0. The number of allylic oxidation sites excluding steroid dienone is 4. The molecule has 1 nitrogen and oxygen atoms in total. The second kappa shape index (κ2) is 3.57. The van der Waals surface area contributed by atoms with Crippen molar-refractivity contribution in [2.24, 2.45) is 0 Å². The van der Waals surface area contributed by atoms with Gasteiger partial charge in [-0.25, -0.2) is 0 Å². The lowest BCUT2D eigenvalue weighted by Crippen LogP contribution is -1.96. The third kappa shape index (κ3) is 1.99. The highest BCUT2D eigenvalue weighted by atomic mass is 35.5. The van der Waals surface area contributed by atoms with Crippen LogP contribution in [0.3, 0.4) is 0 Å². The van der Waals surface area contributed by atoms with E-state index in [1.807, 2.05) is 12.2 Å². The predicted octanol–water partition coefficient (Wildman–Crippen LogP) is 2.07. The van der Waals surface area contributed by atoms with Gasteiger partial charge in [0.1, 0.15) is 0 Å². The molecule has 0 amide bonds. The Labute approximate surface area is 65.4 Å². The Kier molecular flexibility index (Phi) is 2.69. The molecule has 0 heterocycles. The third-order valence-electron chi connectivity index (χ3n) is 1.43. The molecule has 0 aromatic carbocycles.